The third-order valence-corrected chi connectivity index (χ3v) is 2.78. The summed E-state index contributed by atoms with van der Waals surface area (Å²) in [4.78, 5) is 19.0. The van der Waals surface area contributed by atoms with E-state index in [-0.39, 0.29) is 17.1 Å². The van der Waals surface area contributed by atoms with Crippen molar-refractivity contribution in [2.75, 3.05) is 7.11 Å². The van der Waals surface area contributed by atoms with Gasteiger partial charge in [0, 0.05) is 25.8 Å². The van der Waals surface area contributed by atoms with Crippen molar-refractivity contribution in [3.63, 3.8) is 0 Å². The van der Waals surface area contributed by atoms with Gasteiger partial charge in [0.25, 0.3) is 5.56 Å². The summed E-state index contributed by atoms with van der Waals surface area (Å²) in [6.45, 7) is 10.9. The van der Waals surface area contributed by atoms with Gasteiger partial charge in [0.1, 0.15) is 11.9 Å². The fourth-order valence-electron chi connectivity index (χ4n) is 1.93. The van der Waals surface area contributed by atoms with E-state index < -0.39 is 0 Å². The Kier molecular flexibility index (Phi) is 5.26. The molecule has 19 heavy (non-hydrogen) atoms. The number of aromatic amines is 1. The molecule has 1 heterocycles. The number of nitrogens with one attached hydrogen (secondary N) is 2. The van der Waals surface area contributed by atoms with E-state index in [4.69, 9.17) is 4.74 Å². The Labute approximate surface area is 114 Å². The van der Waals surface area contributed by atoms with Crippen LogP contribution in [0.4, 0.5) is 0 Å². The van der Waals surface area contributed by atoms with E-state index in [1.807, 2.05) is 0 Å². The first-order chi connectivity index (χ1) is 8.74. The highest BCUT2D eigenvalue weighted by Gasteiger charge is 2.28. The van der Waals surface area contributed by atoms with E-state index in [0.717, 1.165) is 5.69 Å². The maximum atomic E-state index is 11.7. The molecule has 0 amide bonds. The molecule has 0 radical (unpaired) electrons. The third kappa shape index (κ3) is 4.76. The number of nitrogens with zero attached hydrogens (tertiary/aromatic N) is 1. The number of hydrogen-bond acceptors (Lipinski definition) is 4. The molecule has 1 atom stereocenters. The fraction of sp³-hybridized carbons (Fsp3) is 0.714. The summed E-state index contributed by atoms with van der Waals surface area (Å²) < 4.78 is 5.48. The van der Waals surface area contributed by atoms with Crippen molar-refractivity contribution >= 4 is 0 Å². The molecule has 1 rings (SSSR count). The molecular weight excluding hydrogens is 242 g/mol. The maximum Gasteiger partial charge on any atom is 0.251 e. The molecule has 2 N–H and O–H groups in total. The maximum absolute atomic E-state index is 11.7. The minimum atomic E-state index is -0.237. The van der Waals surface area contributed by atoms with E-state index >= 15 is 0 Å². The standard InChI is InChI=1S/C14H25N3O2/c1-9(2)15-8-10-7-11(18)17-13(16-10)12(19-6)14(3,4)5/h7,9,12,15H,8H2,1-6H3,(H,16,17,18). The minimum Gasteiger partial charge on any atom is -0.373 e. The fourth-order valence-corrected chi connectivity index (χ4v) is 1.93. The summed E-state index contributed by atoms with van der Waals surface area (Å²) >= 11 is 0. The molecule has 0 aliphatic heterocycles. The lowest BCUT2D eigenvalue weighted by Gasteiger charge is -2.28. The Balaban J connectivity index is 3.05. The van der Waals surface area contributed by atoms with Gasteiger partial charge >= 0.3 is 0 Å². The van der Waals surface area contributed by atoms with E-state index in [1.165, 1.54) is 6.07 Å². The summed E-state index contributed by atoms with van der Waals surface area (Å²) in [6.07, 6.45) is -0.237. The molecular formula is C14H25N3O2. The first kappa shape index (κ1) is 15.9. The quantitative estimate of drug-likeness (QED) is 0.856. The first-order valence-electron chi connectivity index (χ1n) is 6.60. The van der Waals surface area contributed by atoms with Gasteiger partial charge in [-0.2, -0.15) is 0 Å². The average molecular weight is 267 g/mol. The van der Waals surface area contributed by atoms with Crippen LogP contribution in [-0.2, 0) is 11.3 Å². The van der Waals surface area contributed by atoms with Crippen molar-refractivity contribution < 1.29 is 4.74 Å². The number of aromatic nitrogens is 2. The molecule has 0 spiro atoms. The SMILES string of the molecule is COC(c1nc(CNC(C)C)cc(=O)[nH]1)C(C)(C)C. The highest BCUT2D eigenvalue weighted by Crippen LogP contribution is 2.33. The topological polar surface area (TPSA) is 67.0 Å². The van der Waals surface area contributed by atoms with Crippen molar-refractivity contribution in [2.24, 2.45) is 5.41 Å². The minimum absolute atomic E-state index is 0.130. The Bertz CT molecular complexity index is 460. The largest absolute Gasteiger partial charge is 0.373 e. The number of ether oxygens (including phenoxy) is 1. The smallest absolute Gasteiger partial charge is 0.251 e. The van der Waals surface area contributed by atoms with Crippen LogP contribution in [0, 0.1) is 5.41 Å². The lowest BCUT2D eigenvalue weighted by atomic mass is 9.88. The molecule has 108 valence electrons. The predicted octanol–water partition coefficient (Wildman–Crippen LogP) is 2.00. The van der Waals surface area contributed by atoms with Crippen LogP contribution in [-0.4, -0.2) is 23.1 Å². The first-order valence-corrected chi connectivity index (χ1v) is 6.60. The van der Waals surface area contributed by atoms with Crippen molar-refractivity contribution in [1.82, 2.24) is 15.3 Å². The zero-order valence-corrected chi connectivity index (χ0v) is 12.7. The summed E-state index contributed by atoms with van der Waals surface area (Å²) in [5.74, 6) is 0.586. The highest BCUT2D eigenvalue weighted by molar-refractivity contribution is 5.06. The molecule has 5 nitrogen and oxygen atoms in total. The van der Waals surface area contributed by atoms with Crippen molar-refractivity contribution in [3.8, 4) is 0 Å². The van der Waals surface area contributed by atoms with Crippen LogP contribution < -0.4 is 10.9 Å². The van der Waals surface area contributed by atoms with Crippen LogP contribution in [0.2, 0.25) is 0 Å². The van der Waals surface area contributed by atoms with Gasteiger partial charge in [-0.1, -0.05) is 34.6 Å². The molecule has 1 aromatic rings. The average Bonchev–Trinajstić information content (AvgIpc) is 2.24. The van der Waals surface area contributed by atoms with E-state index in [0.29, 0.717) is 18.4 Å². The lowest BCUT2D eigenvalue weighted by Crippen LogP contribution is -2.28. The summed E-state index contributed by atoms with van der Waals surface area (Å²) in [5, 5.41) is 3.26. The molecule has 0 saturated heterocycles. The van der Waals surface area contributed by atoms with Gasteiger partial charge in [-0.15, -0.1) is 0 Å². The second kappa shape index (κ2) is 6.30. The van der Waals surface area contributed by atoms with Crippen molar-refractivity contribution in [1.29, 1.82) is 0 Å². The zero-order valence-electron chi connectivity index (χ0n) is 12.7. The number of hydrogen-bond donors (Lipinski definition) is 2. The normalized spacial score (nSPS) is 13.8. The molecule has 1 aromatic heterocycles. The molecule has 5 heteroatoms. The highest BCUT2D eigenvalue weighted by atomic mass is 16.5. The Morgan fingerprint density at radius 1 is 1.42 bits per heavy atom. The molecule has 0 aliphatic rings. The van der Waals surface area contributed by atoms with Crippen LogP contribution >= 0.6 is 0 Å². The molecule has 0 aromatic carbocycles. The van der Waals surface area contributed by atoms with E-state index in [1.54, 1.807) is 7.11 Å². The second-order valence-corrected chi connectivity index (χ2v) is 6.14. The van der Waals surface area contributed by atoms with Crippen LogP contribution in [0.25, 0.3) is 0 Å². The Hall–Kier alpha value is -1.20. The van der Waals surface area contributed by atoms with Gasteiger partial charge in [0.2, 0.25) is 0 Å². The Morgan fingerprint density at radius 2 is 2.05 bits per heavy atom. The zero-order chi connectivity index (χ0) is 14.6. The van der Waals surface area contributed by atoms with Crippen LogP contribution in [0.15, 0.2) is 10.9 Å². The summed E-state index contributed by atoms with van der Waals surface area (Å²) in [7, 11) is 1.63. The van der Waals surface area contributed by atoms with Gasteiger partial charge in [-0.3, -0.25) is 4.79 Å². The summed E-state index contributed by atoms with van der Waals surface area (Å²) in [5.41, 5.74) is 0.463. The molecule has 1 unspecified atom stereocenters. The number of methoxy groups -OCH3 is 1. The monoisotopic (exact) mass is 267 g/mol. The second-order valence-electron chi connectivity index (χ2n) is 6.14. The van der Waals surface area contributed by atoms with Gasteiger partial charge in [-0.25, -0.2) is 4.98 Å². The summed E-state index contributed by atoms with van der Waals surface area (Å²) in [6, 6.07) is 1.87. The van der Waals surface area contributed by atoms with Crippen molar-refractivity contribution in [2.45, 2.75) is 53.3 Å². The van der Waals surface area contributed by atoms with Gasteiger partial charge < -0.3 is 15.0 Å². The van der Waals surface area contributed by atoms with Gasteiger partial charge in [-0.05, 0) is 5.41 Å². The van der Waals surface area contributed by atoms with Gasteiger partial charge in [0.15, 0.2) is 0 Å². The van der Waals surface area contributed by atoms with Crippen LogP contribution in [0.3, 0.4) is 0 Å². The van der Waals surface area contributed by atoms with Gasteiger partial charge in [0.05, 0.1) is 5.69 Å². The number of rotatable bonds is 5. The van der Waals surface area contributed by atoms with Crippen molar-refractivity contribution in [3.05, 3.63) is 27.9 Å². The molecule has 0 bridgehead atoms. The Morgan fingerprint density at radius 3 is 2.53 bits per heavy atom. The molecule has 0 aliphatic carbocycles. The lowest BCUT2D eigenvalue weighted by molar-refractivity contribution is 0.00831. The van der Waals surface area contributed by atoms with E-state index in [9.17, 15) is 4.79 Å². The van der Waals surface area contributed by atoms with Crippen LogP contribution in [0.5, 0.6) is 0 Å². The van der Waals surface area contributed by atoms with E-state index in [2.05, 4.69) is 49.9 Å². The molecule has 0 saturated carbocycles. The third-order valence-electron chi connectivity index (χ3n) is 2.78. The van der Waals surface area contributed by atoms with Crippen LogP contribution in [0.1, 0.15) is 52.2 Å². The molecule has 0 fully saturated rings. The predicted molar refractivity (Wildman–Crippen MR) is 76.0 cm³/mol. The number of H-pyrrole nitrogens is 1.